The second-order valence-electron chi connectivity index (χ2n) is 13.5. The van der Waals surface area contributed by atoms with E-state index in [0.717, 1.165) is 51.4 Å². The van der Waals surface area contributed by atoms with Crippen molar-refractivity contribution in [2.45, 2.75) is 154 Å². The van der Waals surface area contributed by atoms with E-state index in [1.807, 2.05) is 6.08 Å². The number of aliphatic carboxylic acids is 1. The van der Waals surface area contributed by atoms with Gasteiger partial charge in [0, 0.05) is 19.3 Å². The Bertz CT molecular complexity index is 875. The van der Waals surface area contributed by atoms with Gasteiger partial charge >= 0.3 is 11.9 Å². The number of allylic oxidation sites excluding steroid dienone is 6. The Kier molecular flexibility index (Phi) is 29.2. The highest BCUT2D eigenvalue weighted by molar-refractivity contribution is 5.70. The van der Waals surface area contributed by atoms with Gasteiger partial charge in [-0.25, -0.2) is 0 Å². The van der Waals surface area contributed by atoms with Crippen LogP contribution in [-0.2, 0) is 28.6 Å². The van der Waals surface area contributed by atoms with Crippen molar-refractivity contribution in [3.8, 4) is 0 Å². The maximum absolute atomic E-state index is 12.5. The quantitative estimate of drug-likeness (QED) is 0.0238. The first-order chi connectivity index (χ1) is 22.6. The van der Waals surface area contributed by atoms with Gasteiger partial charge in [-0.1, -0.05) is 108 Å². The topological polar surface area (TPSA) is 102 Å². The number of likely N-dealkylation sites (N-methyl/N-ethyl adjacent to an activating group) is 1. The first kappa shape index (κ1) is 44.5. The summed E-state index contributed by atoms with van der Waals surface area (Å²) in [5.74, 6) is -1.82. The minimum atomic E-state index is -1.13. The number of carboxylic acids is 1. The van der Waals surface area contributed by atoms with E-state index in [9.17, 15) is 19.5 Å². The Morgan fingerprint density at radius 2 is 1.17 bits per heavy atom. The molecule has 8 nitrogen and oxygen atoms in total. The average molecular weight is 664 g/mol. The SMILES string of the molecule is CCCCC/C=C/C=C/CCCCCCCCC(=O)OCC(COCCC(C(=O)[O-])[N+](C)(C)C)OC(=O)CC/C=C/CCCCCC. The van der Waals surface area contributed by atoms with Crippen molar-refractivity contribution >= 4 is 17.9 Å². The van der Waals surface area contributed by atoms with E-state index >= 15 is 0 Å². The van der Waals surface area contributed by atoms with Crippen LogP contribution in [0.5, 0.6) is 0 Å². The molecule has 0 aromatic carbocycles. The van der Waals surface area contributed by atoms with Crippen LogP contribution in [0.15, 0.2) is 36.5 Å². The van der Waals surface area contributed by atoms with Crippen LogP contribution >= 0.6 is 0 Å². The van der Waals surface area contributed by atoms with E-state index < -0.39 is 18.1 Å². The van der Waals surface area contributed by atoms with Gasteiger partial charge in [-0.05, 0) is 51.4 Å². The van der Waals surface area contributed by atoms with Gasteiger partial charge in [0.2, 0.25) is 0 Å². The summed E-state index contributed by atoms with van der Waals surface area (Å²) in [7, 11) is 5.37. The van der Waals surface area contributed by atoms with E-state index in [4.69, 9.17) is 14.2 Å². The fraction of sp³-hybridized carbons (Fsp3) is 0.769. The van der Waals surface area contributed by atoms with E-state index in [1.54, 1.807) is 21.1 Å². The van der Waals surface area contributed by atoms with Crippen molar-refractivity contribution in [2.75, 3.05) is 41.0 Å². The summed E-state index contributed by atoms with van der Waals surface area (Å²) in [4.78, 5) is 36.5. The zero-order chi connectivity index (χ0) is 35.0. The summed E-state index contributed by atoms with van der Waals surface area (Å²) >= 11 is 0. The lowest BCUT2D eigenvalue weighted by molar-refractivity contribution is -0.889. The van der Waals surface area contributed by atoms with Gasteiger partial charge in [-0.3, -0.25) is 9.59 Å². The number of carbonyl (C=O) groups is 3. The third-order valence-corrected chi connectivity index (χ3v) is 8.04. The summed E-state index contributed by atoms with van der Waals surface area (Å²) in [6, 6.07) is -0.730. The molecular weight excluding hydrogens is 594 g/mol. The summed E-state index contributed by atoms with van der Waals surface area (Å²) in [5, 5.41) is 11.5. The Hall–Kier alpha value is -2.45. The third kappa shape index (κ3) is 29.4. The molecule has 272 valence electrons. The van der Waals surface area contributed by atoms with Crippen molar-refractivity contribution in [3.63, 3.8) is 0 Å². The highest BCUT2D eigenvalue weighted by atomic mass is 16.6. The molecule has 2 unspecified atom stereocenters. The van der Waals surface area contributed by atoms with Crippen LogP contribution in [0.25, 0.3) is 0 Å². The molecule has 0 aromatic heterocycles. The van der Waals surface area contributed by atoms with Crippen molar-refractivity contribution in [3.05, 3.63) is 36.5 Å². The number of quaternary nitrogens is 1. The molecule has 0 bridgehead atoms. The highest BCUT2D eigenvalue weighted by Gasteiger charge is 2.25. The number of hydrogen-bond acceptors (Lipinski definition) is 7. The smallest absolute Gasteiger partial charge is 0.306 e. The van der Waals surface area contributed by atoms with Gasteiger partial charge in [-0.2, -0.15) is 0 Å². The maximum Gasteiger partial charge on any atom is 0.306 e. The first-order valence-electron chi connectivity index (χ1n) is 18.5. The molecule has 0 radical (unpaired) electrons. The van der Waals surface area contributed by atoms with Crippen LogP contribution in [0.3, 0.4) is 0 Å². The number of carbonyl (C=O) groups excluding carboxylic acids is 3. The van der Waals surface area contributed by atoms with Gasteiger partial charge in [0.25, 0.3) is 0 Å². The molecule has 0 N–H and O–H groups in total. The lowest BCUT2D eigenvalue weighted by Gasteiger charge is -2.34. The fourth-order valence-electron chi connectivity index (χ4n) is 5.08. The van der Waals surface area contributed by atoms with Crippen LogP contribution in [0.2, 0.25) is 0 Å². The number of carboxylic acid groups (broad SMARTS) is 1. The number of unbranched alkanes of at least 4 members (excludes halogenated alkanes) is 13. The average Bonchev–Trinajstić information content (AvgIpc) is 3.01. The molecule has 0 saturated heterocycles. The second kappa shape index (κ2) is 30.9. The molecule has 0 fully saturated rings. The minimum absolute atomic E-state index is 0.0215. The predicted molar refractivity (Wildman–Crippen MR) is 190 cm³/mol. The lowest BCUT2D eigenvalue weighted by atomic mass is 10.1. The number of ether oxygens (including phenoxy) is 3. The first-order valence-corrected chi connectivity index (χ1v) is 18.5. The zero-order valence-electron chi connectivity index (χ0n) is 30.7. The van der Waals surface area contributed by atoms with E-state index in [0.29, 0.717) is 12.8 Å². The number of rotatable bonds is 32. The molecule has 47 heavy (non-hydrogen) atoms. The van der Waals surface area contributed by atoms with Crippen molar-refractivity contribution in [1.82, 2.24) is 0 Å². The molecule has 0 aliphatic rings. The van der Waals surface area contributed by atoms with Crippen LogP contribution in [0.4, 0.5) is 0 Å². The highest BCUT2D eigenvalue weighted by Crippen LogP contribution is 2.12. The number of hydrogen-bond donors (Lipinski definition) is 0. The van der Waals surface area contributed by atoms with Crippen molar-refractivity contribution in [2.24, 2.45) is 0 Å². The molecule has 0 heterocycles. The molecule has 2 atom stereocenters. The van der Waals surface area contributed by atoms with Crippen molar-refractivity contribution in [1.29, 1.82) is 0 Å². The van der Waals surface area contributed by atoms with E-state index in [1.165, 1.54) is 51.4 Å². The lowest BCUT2D eigenvalue weighted by Crippen LogP contribution is -2.55. The standard InChI is InChI=1S/C39H69NO7/c1-6-8-10-12-14-16-17-18-19-20-21-22-24-25-27-29-37(41)46-34-35(33-45-32-31-36(39(43)44)40(3,4)5)47-38(42)30-28-26-23-15-13-11-9-7-2/h14,16-18,23,26,35-36H,6-13,15,19-22,24-25,27-34H2,1-5H3/b16-14+,18-17+,26-23+. The number of esters is 2. The van der Waals surface area contributed by atoms with Gasteiger partial charge in [0.1, 0.15) is 12.6 Å². The van der Waals surface area contributed by atoms with Crippen LogP contribution in [-0.4, -0.2) is 75.5 Å². The maximum atomic E-state index is 12.5. The van der Waals surface area contributed by atoms with Gasteiger partial charge < -0.3 is 28.6 Å². The molecule has 0 saturated carbocycles. The van der Waals surface area contributed by atoms with Crippen molar-refractivity contribution < 1.29 is 38.2 Å². The summed E-state index contributed by atoms with van der Waals surface area (Å²) in [6.07, 6.45) is 31.9. The molecule has 0 rings (SSSR count). The molecular formula is C39H69NO7. The summed E-state index contributed by atoms with van der Waals surface area (Å²) in [6.45, 7) is 4.51. The Morgan fingerprint density at radius 1 is 0.638 bits per heavy atom. The molecule has 0 aromatic rings. The molecule has 0 spiro atoms. The zero-order valence-corrected chi connectivity index (χ0v) is 30.7. The third-order valence-electron chi connectivity index (χ3n) is 8.04. The van der Waals surface area contributed by atoms with Crippen LogP contribution < -0.4 is 5.11 Å². The molecule has 0 aliphatic heterocycles. The monoisotopic (exact) mass is 664 g/mol. The van der Waals surface area contributed by atoms with Gasteiger partial charge in [-0.15, -0.1) is 0 Å². The molecule has 0 aliphatic carbocycles. The van der Waals surface area contributed by atoms with E-state index in [-0.39, 0.29) is 49.1 Å². The van der Waals surface area contributed by atoms with Crippen LogP contribution in [0.1, 0.15) is 142 Å². The second-order valence-corrected chi connectivity index (χ2v) is 13.5. The Morgan fingerprint density at radius 3 is 1.79 bits per heavy atom. The number of nitrogens with zero attached hydrogens (tertiary/aromatic N) is 1. The van der Waals surface area contributed by atoms with Gasteiger partial charge in [0.15, 0.2) is 6.10 Å². The van der Waals surface area contributed by atoms with Gasteiger partial charge in [0.05, 0.1) is 40.3 Å². The normalized spacial score (nSPS) is 13.5. The predicted octanol–water partition coefficient (Wildman–Crippen LogP) is 7.79. The van der Waals surface area contributed by atoms with Crippen LogP contribution in [0, 0.1) is 0 Å². The Balaban J connectivity index is 4.43. The summed E-state index contributed by atoms with van der Waals surface area (Å²) in [5.41, 5.74) is 0. The molecule has 8 heteroatoms. The minimum Gasteiger partial charge on any atom is -0.544 e. The van der Waals surface area contributed by atoms with E-state index in [2.05, 4.69) is 44.2 Å². The fourth-order valence-corrected chi connectivity index (χ4v) is 5.08. The largest absolute Gasteiger partial charge is 0.544 e. The molecule has 0 amide bonds. The summed E-state index contributed by atoms with van der Waals surface area (Å²) < 4.78 is 17.0. The Labute approximate surface area is 287 Å².